The predicted octanol–water partition coefficient (Wildman–Crippen LogP) is 6.96. The van der Waals surface area contributed by atoms with Gasteiger partial charge in [0.1, 0.15) is 4.99 Å². The maximum Gasteiger partial charge on any atom is 0.113 e. The average molecular weight is 403 g/mol. The molecule has 0 amide bonds. The molecular weight excluding hydrogens is 384 g/mol. The van der Waals surface area contributed by atoms with Gasteiger partial charge in [0, 0.05) is 32.9 Å². The van der Waals surface area contributed by atoms with E-state index in [1.165, 1.54) is 5.56 Å². The standard InChI is InChI=1S/C24H19ClN2S/c1-15-8-11-19(12-9-15)27-24(28)22-16(2)26-21-13-10-18(25)14-20(21)23(22)17-6-4-3-5-7-17/h3-14H,1-2H3,(H,27,28). The van der Waals surface area contributed by atoms with Crippen molar-refractivity contribution in [1.82, 2.24) is 4.98 Å². The van der Waals surface area contributed by atoms with Gasteiger partial charge < -0.3 is 5.32 Å². The maximum absolute atomic E-state index is 6.32. The third-order valence-electron chi connectivity index (χ3n) is 4.73. The number of fused-ring (bicyclic) bond motifs is 1. The molecule has 4 heteroatoms. The van der Waals surface area contributed by atoms with Crippen LogP contribution in [0.5, 0.6) is 0 Å². The van der Waals surface area contributed by atoms with Crippen LogP contribution in [0, 0.1) is 13.8 Å². The predicted molar refractivity (Wildman–Crippen MR) is 123 cm³/mol. The van der Waals surface area contributed by atoms with Gasteiger partial charge >= 0.3 is 0 Å². The molecule has 1 aromatic heterocycles. The van der Waals surface area contributed by atoms with E-state index in [4.69, 9.17) is 28.8 Å². The molecule has 3 aromatic carbocycles. The van der Waals surface area contributed by atoms with Crippen LogP contribution >= 0.6 is 23.8 Å². The number of nitrogens with zero attached hydrogens (tertiary/aromatic N) is 1. The zero-order valence-corrected chi connectivity index (χ0v) is 17.2. The first-order valence-electron chi connectivity index (χ1n) is 9.06. The van der Waals surface area contributed by atoms with Gasteiger partial charge in [-0.25, -0.2) is 0 Å². The number of pyridine rings is 1. The van der Waals surface area contributed by atoms with Crippen molar-refractivity contribution < 1.29 is 0 Å². The summed E-state index contributed by atoms with van der Waals surface area (Å²) in [7, 11) is 0. The highest BCUT2D eigenvalue weighted by Crippen LogP contribution is 2.35. The lowest BCUT2D eigenvalue weighted by molar-refractivity contribution is 1.24. The van der Waals surface area contributed by atoms with E-state index in [9.17, 15) is 0 Å². The zero-order chi connectivity index (χ0) is 19.7. The highest BCUT2D eigenvalue weighted by atomic mass is 35.5. The highest BCUT2D eigenvalue weighted by molar-refractivity contribution is 7.81. The molecule has 0 atom stereocenters. The Balaban J connectivity index is 1.92. The van der Waals surface area contributed by atoms with Crippen molar-refractivity contribution in [1.29, 1.82) is 0 Å². The van der Waals surface area contributed by atoms with E-state index in [2.05, 4.69) is 36.5 Å². The number of aryl methyl sites for hydroxylation is 2. The van der Waals surface area contributed by atoms with Crippen LogP contribution in [0.4, 0.5) is 5.69 Å². The largest absolute Gasteiger partial charge is 0.346 e. The molecule has 0 fully saturated rings. The number of nitrogens with one attached hydrogen (secondary N) is 1. The number of rotatable bonds is 3. The Labute approximate surface area is 175 Å². The topological polar surface area (TPSA) is 24.9 Å². The van der Waals surface area contributed by atoms with Crippen molar-refractivity contribution in [3.05, 3.63) is 94.6 Å². The minimum Gasteiger partial charge on any atom is -0.346 e. The fourth-order valence-corrected chi connectivity index (χ4v) is 3.91. The molecular formula is C24H19ClN2S. The van der Waals surface area contributed by atoms with Crippen LogP contribution in [0.1, 0.15) is 16.8 Å². The van der Waals surface area contributed by atoms with E-state index in [1.807, 2.05) is 55.5 Å². The SMILES string of the molecule is Cc1ccc(NC(=S)c2c(C)nc3ccc(Cl)cc3c2-c2ccccc2)cc1. The minimum absolute atomic E-state index is 0.648. The van der Waals surface area contributed by atoms with Crippen molar-refractivity contribution in [2.24, 2.45) is 0 Å². The second kappa shape index (κ2) is 7.70. The zero-order valence-electron chi connectivity index (χ0n) is 15.7. The molecule has 4 aromatic rings. The number of halogens is 1. The van der Waals surface area contributed by atoms with Crippen LogP contribution in [-0.2, 0) is 0 Å². The van der Waals surface area contributed by atoms with Crippen molar-refractivity contribution >= 4 is 45.4 Å². The normalized spacial score (nSPS) is 10.8. The second-order valence-electron chi connectivity index (χ2n) is 6.79. The third-order valence-corrected chi connectivity index (χ3v) is 5.27. The number of hydrogen-bond acceptors (Lipinski definition) is 2. The smallest absolute Gasteiger partial charge is 0.113 e. The second-order valence-corrected chi connectivity index (χ2v) is 7.64. The first kappa shape index (κ1) is 18.6. The lowest BCUT2D eigenvalue weighted by Gasteiger charge is -2.18. The minimum atomic E-state index is 0.648. The van der Waals surface area contributed by atoms with Crippen LogP contribution in [0.2, 0.25) is 5.02 Å². The Hall–Kier alpha value is -2.75. The monoisotopic (exact) mass is 402 g/mol. The van der Waals surface area contributed by atoms with Gasteiger partial charge in [-0.2, -0.15) is 0 Å². The quantitative estimate of drug-likeness (QED) is 0.375. The Morgan fingerprint density at radius 2 is 1.64 bits per heavy atom. The molecule has 0 spiro atoms. The van der Waals surface area contributed by atoms with Crippen molar-refractivity contribution in [2.45, 2.75) is 13.8 Å². The summed E-state index contributed by atoms with van der Waals surface area (Å²) in [5.41, 5.74) is 7.02. The molecule has 0 aliphatic heterocycles. The number of anilines is 1. The number of hydrogen-bond donors (Lipinski definition) is 1. The third kappa shape index (κ3) is 3.64. The molecule has 0 radical (unpaired) electrons. The van der Waals surface area contributed by atoms with Gasteiger partial charge in [0.25, 0.3) is 0 Å². The van der Waals surface area contributed by atoms with Gasteiger partial charge in [-0.1, -0.05) is 71.8 Å². The Kier molecular flexibility index (Phi) is 5.12. The van der Waals surface area contributed by atoms with Gasteiger partial charge in [-0.05, 0) is 49.7 Å². The number of thiocarbonyl (C=S) groups is 1. The fraction of sp³-hybridized carbons (Fsp3) is 0.0833. The summed E-state index contributed by atoms with van der Waals surface area (Å²) < 4.78 is 0. The van der Waals surface area contributed by atoms with E-state index in [-0.39, 0.29) is 0 Å². The summed E-state index contributed by atoms with van der Waals surface area (Å²) in [6.45, 7) is 4.07. The molecule has 28 heavy (non-hydrogen) atoms. The van der Waals surface area contributed by atoms with E-state index < -0.39 is 0 Å². The van der Waals surface area contributed by atoms with Gasteiger partial charge in [0.2, 0.25) is 0 Å². The molecule has 0 bridgehead atoms. The number of aromatic nitrogens is 1. The molecule has 1 N–H and O–H groups in total. The lowest BCUT2D eigenvalue weighted by atomic mass is 9.94. The van der Waals surface area contributed by atoms with Crippen molar-refractivity contribution in [3.63, 3.8) is 0 Å². The van der Waals surface area contributed by atoms with Gasteiger partial charge in [-0.3, -0.25) is 4.98 Å². The first-order chi connectivity index (χ1) is 13.5. The lowest BCUT2D eigenvalue weighted by Crippen LogP contribution is -2.15. The van der Waals surface area contributed by atoms with E-state index in [1.54, 1.807) is 0 Å². The molecule has 0 aliphatic rings. The molecule has 0 unspecified atom stereocenters. The summed E-state index contributed by atoms with van der Waals surface area (Å²) in [4.78, 5) is 5.44. The van der Waals surface area contributed by atoms with Crippen LogP contribution < -0.4 is 5.32 Å². The summed E-state index contributed by atoms with van der Waals surface area (Å²) in [6.07, 6.45) is 0. The average Bonchev–Trinajstić information content (AvgIpc) is 2.69. The van der Waals surface area contributed by atoms with Gasteiger partial charge in [-0.15, -0.1) is 0 Å². The molecule has 0 saturated heterocycles. The van der Waals surface area contributed by atoms with Crippen LogP contribution in [0.3, 0.4) is 0 Å². The van der Waals surface area contributed by atoms with Crippen LogP contribution in [-0.4, -0.2) is 9.97 Å². The molecule has 138 valence electrons. The summed E-state index contributed by atoms with van der Waals surface area (Å²) in [6, 6.07) is 24.2. The van der Waals surface area contributed by atoms with E-state index >= 15 is 0 Å². The maximum atomic E-state index is 6.32. The Morgan fingerprint density at radius 3 is 2.36 bits per heavy atom. The number of benzene rings is 3. The van der Waals surface area contributed by atoms with Crippen molar-refractivity contribution in [3.8, 4) is 11.1 Å². The molecule has 0 saturated carbocycles. The molecule has 1 heterocycles. The van der Waals surface area contributed by atoms with Gasteiger partial charge in [0.15, 0.2) is 0 Å². The van der Waals surface area contributed by atoms with Gasteiger partial charge in [0.05, 0.1) is 5.52 Å². The summed E-state index contributed by atoms with van der Waals surface area (Å²) in [5, 5.41) is 5.05. The molecule has 4 rings (SSSR count). The highest BCUT2D eigenvalue weighted by Gasteiger charge is 2.18. The van der Waals surface area contributed by atoms with Crippen molar-refractivity contribution in [2.75, 3.05) is 5.32 Å². The van der Waals surface area contributed by atoms with E-state index in [0.717, 1.165) is 39.0 Å². The van der Waals surface area contributed by atoms with E-state index in [0.29, 0.717) is 10.0 Å². The van der Waals surface area contributed by atoms with Crippen LogP contribution in [0.25, 0.3) is 22.0 Å². The Bertz CT molecular complexity index is 1170. The summed E-state index contributed by atoms with van der Waals surface area (Å²) in [5.74, 6) is 0. The molecule has 2 nitrogen and oxygen atoms in total. The molecule has 0 aliphatic carbocycles. The fourth-order valence-electron chi connectivity index (χ4n) is 3.37. The summed E-state index contributed by atoms with van der Waals surface area (Å²) >= 11 is 12.1. The van der Waals surface area contributed by atoms with Crippen LogP contribution in [0.15, 0.2) is 72.8 Å². The Morgan fingerprint density at radius 1 is 0.929 bits per heavy atom. The first-order valence-corrected chi connectivity index (χ1v) is 9.85.